The van der Waals surface area contributed by atoms with Gasteiger partial charge in [0, 0.05) is 49.9 Å². The molecule has 29 heavy (non-hydrogen) atoms. The number of amides is 2. The van der Waals surface area contributed by atoms with Gasteiger partial charge in [0.1, 0.15) is 0 Å². The van der Waals surface area contributed by atoms with Gasteiger partial charge in [0.15, 0.2) is 5.78 Å². The Morgan fingerprint density at radius 2 is 1.69 bits per heavy atom. The summed E-state index contributed by atoms with van der Waals surface area (Å²) >= 11 is 0. The number of anilines is 1. The third-order valence-electron chi connectivity index (χ3n) is 5.71. The number of ketones is 1. The molecule has 5 nitrogen and oxygen atoms in total. The van der Waals surface area contributed by atoms with Crippen LogP contribution in [0, 0.1) is 12.8 Å². The third-order valence-corrected chi connectivity index (χ3v) is 5.71. The number of nitrogens with zero attached hydrogens (tertiary/aromatic N) is 2. The largest absolute Gasteiger partial charge is 0.370 e. The Morgan fingerprint density at radius 1 is 1.03 bits per heavy atom. The topological polar surface area (TPSA) is 52.7 Å². The average Bonchev–Trinajstić information content (AvgIpc) is 2.77. The van der Waals surface area contributed by atoms with Crippen LogP contribution in [-0.2, 0) is 0 Å². The van der Waals surface area contributed by atoms with Crippen molar-refractivity contribution in [1.29, 1.82) is 0 Å². The molecule has 1 N–H and O–H groups in total. The molecule has 1 saturated heterocycles. The summed E-state index contributed by atoms with van der Waals surface area (Å²) in [6.45, 7) is 7.77. The van der Waals surface area contributed by atoms with Crippen molar-refractivity contribution < 1.29 is 9.59 Å². The van der Waals surface area contributed by atoms with Gasteiger partial charge in [-0.2, -0.15) is 0 Å². The Hall–Kier alpha value is -2.82. The van der Waals surface area contributed by atoms with Gasteiger partial charge < -0.3 is 15.1 Å². The van der Waals surface area contributed by atoms with Crippen molar-refractivity contribution in [3.05, 3.63) is 65.7 Å². The number of hydrogen-bond donors (Lipinski definition) is 1. The lowest BCUT2D eigenvalue weighted by Crippen LogP contribution is -2.47. The fourth-order valence-electron chi connectivity index (χ4n) is 3.96. The van der Waals surface area contributed by atoms with Crippen LogP contribution in [-0.4, -0.2) is 49.4 Å². The molecule has 1 fully saturated rings. The normalized spacial score (nSPS) is 14.5. The van der Waals surface area contributed by atoms with Crippen LogP contribution in [0.1, 0.15) is 35.7 Å². The van der Waals surface area contributed by atoms with E-state index in [0.717, 1.165) is 31.5 Å². The number of Topliss-reactive ketones (excluding diaryl/α,β-unsaturated/α-hetero) is 1. The molecule has 1 aliphatic rings. The van der Waals surface area contributed by atoms with E-state index >= 15 is 0 Å². The van der Waals surface area contributed by atoms with E-state index in [4.69, 9.17) is 0 Å². The Morgan fingerprint density at radius 3 is 2.34 bits per heavy atom. The Kier molecular flexibility index (Phi) is 7.28. The summed E-state index contributed by atoms with van der Waals surface area (Å²) in [5.74, 6) is 0.209. The maximum absolute atomic E-state index is 12.6. The van der Waals surface area contributed by atoms with E-state index in [9.17, 15) is 9.59 Å². The highest BCUT2D eigenvalue weighted by Crippen LogP contribution is 2.22. The molecule has 0 saturated carbocycles. The minimum absolute atomic E-state index is 0.0121. The van der Waals surface area contributed by atoms with Crippen LogP contribution in [0.25, 0.3) is 0 Å². The lowest BCUT2D eigenvalue weighted by Gasteiger charge is -2.32. The van der Waals surface area contributed by atoms with Gasteiger partial charge >= 0.3 is 6.03 Å². The van der Waals surface area contributed by atoms with Gasteiger partial charge in [0.05, 0.1) is 0 Å². The molecule has 0 aromatic heterocycles. The van der Waals surface area contributed by atoms with Crippen LogP contribution in [0.2, 0.25) is 0 Å². The molecule has 154 valence electrons. The molecule has 0 spiro atoms. The van der Waals surface area contributed by atoms with E-state index in [2.05, 4.69) is 36.2 Å². The number of benzene rings is 2. The zero-order valence-electron chi connectivity index (χ0n) is 17.4. The van der Waals surface area contributed by atoms with E-state index in [1.165, 1.54) is 11.3 Å². The maximum Gasteiger partial charge on any atom is 0.317 e. The SMILES string of the molecule is CCN(CCNC(=O)N1CCC(C(=O)c2ccccc2)CC1)c1ccccc1C. The second-order valence-corrected chi connectivity index (χ2v) is 7.59. The van der Waals surface area contributed by atoms with E-state index in [1.807, 2.05) is 47.4 Å². The number of rotatable bonds is 7. The molecule has 5 heteroatoms. The Balaban J connectivity index is 1.44. The van der Waals surface area contributed by atoms with Crippen molar-refractivity contribution in [2.75, 3.05) is 37.6 Å². The number of urea groups is 1. The summed E-state index contributed by atoms with van der Waals surface area (Å²) in [4.78, 5) is 29.2. The Bertz CT molecular complexity index is 814. The molecule has 2 amide bonds. The van der Waals surface area contributed by atoms with Crippen LogP contribution < -0.4 is 10.2 Å². The lowest BCUT2D eigenvalue weighted by atomic mass is 9.89. The lowest BCUT2D eigenvalue weighted by molar-refractivity contribution is 0.0854. The smallest absolute Gasteiger partial charge is 0.317 e. The molecule has 1 aliphatic heterocycles. The number of para-hydroxylation sites is 1. The summed E-state index contributed by atoms with van der Waals surface area (Å²) in [5, 5.41) is 3.04. The van der Waals surface area contributed by atoms with E-state index < -0.39 is 0 Å². The van der Waals surface area contributed by atoms with Gasteiger partial charge in [-0.3, -0.25) is 4.79 Å². The molecule has 0 bridgehead atoms. The summed E-state index contributed by atoms with van der Waals surface area (Å²) in [5.41, 5.74) is 3.22. The minimum Gasteiger partial charge on any atom is -0.370 e. The van der Waals surface area contributed by atoms with Crippen LogP contribution in [0.15, 0.2) is 54.6 Å². The van der Waals surface area contributed by atoms with Crippen molar-refractivity contribution in [1.82, 2.24) is 10.2 Å². The molecule has 1 heterocycles. The fourth-order valence-corrected chi connectivity index (χ4v) is 3.96. The zero-order chi connectivity index (χ0) is 20.6. The van der Waals surface area contributed by atoms with E-state index in [0.29, 0.717) is 19.6 Å². The fraction of sp³-hybridized carbons (Fsp3) is 0.417. The van der Waals surface area contributed by atoms with Crippen molar-refractivity contribution in [3.8, 4) is 0 Å². The number of likely N-dealkylation sites (N-methyl/N-ethyl adjacent to an activating group) is 1. The third kappa shape index (κ3) is 5.37. The van der Waals surface area contributed by atoms with Gasteiger partial charge in [-0.15, -0.1) is 0 Å². The van der Waals surface area contributed by atoms with E-state index in [1.54, 1.807) is 0 Å². The number of carbonyl (C=O) groups is 2. The van der Waals surface area contributed by atoms with Gasteiger partial charge in [0.25, 0.3) is 0 Å². The standard InChI is InChI=1S/C24H31N3O2/c1-3-26(22-12-8-7-9-19(22)2)18-15-25-24(29)27-16-13-21(14-17-27)23(28)20-10-5-4-6-11-20/h4-12,21H,3,13-18H2,1-2H3,(H,25,29). The minimum atomic E-state index is -0.0311. The number of carbonyl (C=O) groups excluding carboxylic acids is 2. The first-order valence-electron chi connectivity index (χ1n) is 10.5. The molecule has 3 rings (SSSR count). The average molecular weight is 394 g/mol. The summed E-state index contributed by atoms with van der Waals surface area (Å²) < 4.78 is 0. The predicted octanol–water partition coefficient (Wildman–Crippen LogP) is 4.13. The molecular weight excluding hydrogens is 362 g/mol. The van der Waals surface area contributed by atoms with Crippen LogP contribution in [0.4, 0.5) is 10.5 Å². The molecule has 0 radical (unpaired) electrons. The second-order valence-electron chi connectivity index (χ2n) is 7.59. The van der Waals surface area contributed by atoms with Gasteiger partial charge in [-0.05, 0) is 38.3 Å². The van der Waals surface area contributed by atoms with Crippen molar-refractivity contribution in [2.45, 2.75) is 26.7 Å². The zero-order valence-corrected chi connectivity index (χ0v) is 17.4. The number of likely N-dealkylation sites (tertiary alicyclic amines) is 1. The highest BCUT2D eigenvalue weighted by molar-refractivity contribution is 5.98. The van der Waals surface area contributed by atoms with Gasteiger partial charge in [-0.25, -0.2) is 4.79 Å². The Labute approximate surface area is 173 Å². The molecule has 2 aromatic rings. The van der Waals surface area contributed by atoms with Crippen LogP contribution in [0.3, 0.4) is 0 Å². The maximum atomic E-state index is 12.6. The summed E-state index contributed by atoms with van der Waals surface area (Å²) in [6, 6.07) is 17.7. The number of aryl methyl sites for hydroxylation is 1. The van der Waals surface area contributed by atoms with Gasteiger partial charge in [-0.1, -0.05) is 48.5 Å². The van der Waals surface area contributed by atoms with E-state index in [-0.39, 0.29) is 17.7 Å². The molecular formula is C24H31N3O2. The molecule has 0 aliphatic carbocycles. The molecule has 2 aromatic carbocycles. The van der Waals surface area contributed by atoms with Crippen molar-refractivity contribution >= 4 is 17.5 Å². The van der Waals surface area contributed by atoms with Crippen molar-refractivity contribution in [3.63, 3.8) is 0 Å². The van der Waals surface area contributed by atoms with Gasteiger partial charge in [0.2, 0.25) is 0 Å². The second kappa shape index (κ2) is 10.1. The van der Waals surface area contributed by atoms with Crippen LogP contribution >= 0.6 is 0 Å². The quantitative estimate of drug-likeness (QED) is 0.720. The monoisotopic (exact) mass is 393 g/mol. The summed E-state index contributed by atoms with van der Waals surface area (Å²) in [6.07, 6.45) is 1.46. The first kappa shape index (κ1) is 20.9. The summed E-state index contributed by atoms with van der Waals surface area (Å²) in [7, 11) is 0. The predicted molar refractivity (Wildman–Crippen MR) is 118 cm³/mol. The highest BCUT2D eigenvalue weighted by Gasteiger charge is 2.27. The first-order chi connectivity index (χ1) is 14.1. The molecule has 0 atom stereocenters. The number of piperidine rings is 1. The first-order valence-corrected chi connectivity index (χ1v) is 10.5. The van der Waals surface area contributed by atoms with Crippen molar-refractivity contribution in [2.24, 2.45) is 5.92 Å². The highest BCUT2D eigenvalue weighted by atomic mass is 16.2. The van der Waals surface area contributed by atoms with Crippen LogP contribution in [0.5, 0.6) is 0 Å². The molecule has 0 unspecified atom stereocenters. The number of hydrogen-bond acceptors (Lipinski definition) is 3. The number of nitrogens with one attached hydrogen (secondary N) is 1.